The van der Waals surface area contributed by atoms with Crippen LogP contribution in [0, 0.1) is 11.3 Å². The first-order valence-corrected chi connectivity index (χ1v) is 13.8. The van der Waals surface area contributed by atoms with Crippen LogP contribution < -0.4 is 15.5 Å². The number of fused-ring (bicyclic) bond motifs is 3. The molecule has 0 saturated carbocycles. The summed E-state index contributed by atoms with van der Waals surface area (Å²) in [6, 6.07) is 10.5. The number of anilines is 2. The third kappa shape index (κ3) is 4.91. The van der Waals surface area contributed by atoms with Crippen molar-refractivity contribution in [2.24, 2.45) is 0 Å². The molecule has 4 aromatic rings. The quantitative estimate of drug-likeness (QED) is 0.375. The van der Waals surface area contributed by atoms with Crippen LogP contribution in [0.5, 0.6) is 0 Å². The van der Waals surface area contributed by atoms with E-state index >= 15 is 0 Å². The highest BCUT2D eigenvalue weighted by atomic mass is 32.1. The van der Waals surface area contributed by atoms with Crippen molar-refractivity contribution in [3.05, 3.63) is 42.2 Å². The van der Waals surface area contributed by atoms with Crippen molar-refractivity contribution in [2.45, 2.75) is 57.8 Å². The molecule has 0 aromatic carbocycles. The monoisotopic (exact) mass is 543 g/mol. The maximum absolute atomic E-state index is 11.6. The molecule has 2 saturated heterocycles. The third-order valence-corrected chi connectivity index (χ3v) is 8.00. The average molecular weight is 544 g/mol. The molecule has 2 bridgehead atoms. The van der Waals surface area contributed by atoms with E-state index in [-0.39, 0.29) is 30.1 Å². The number of pyridine rings is 1. The van der Waals surface area contributed by atoms with Crippen molar-refractivity contribution < 1.29 is 9.53 Å². The lowest BCUT2D eigenvalue weighted by Crippen LogP contribution is -2.61. The number of carbonyl (C=O) groups excluding carboxylic acids is 1. The van der Waals surface area contributed by atoms with Gasteiger partial charge in [-0.25, -0.2) is 4.52 Å². The molecule has 2 aliphatic rings. The van der Waals surface area contributed by atoms with Crippen molar-refractivity contribution in [1.29, 1.82) is 5.26 Å². The summed E-state index contributed by atoms with van der Waals surface area (Å²) in [5.41, 5.74) is 4.73. The minimum Gasteiger partial charge on any atom is -0.382 e. The Morgan fingerprint density at radius 3 is 2.69 bits per heavy atom. The zero-order valence-electron chi connectivity index (χ0n) is 22.0. The van der Waals surface area contributed by atoms with E-state index in [1.165, 1.54) is 0 Å². The lowest BCUT2D eigenvalue weighted by Gasteiger charge is -2.48. The summed E-state index contributed by atoms with van der Waals surface area (Å²) in [5.74, 6) is 0.00242. The molecule has 0 spiro atoms. The summed E-state index contributed by atoms with van der Waals surface area (Å²) < 4.78 is 7.64. The van der Waals surface area contributed by atoms with Crippen molar-refractivity contribution >= 4 is 33.6 Å². The molecule has 0 aliphatic carbocycles. The number of hydrogen-bond acceptors (Lipinski definition) is 10. The number of nitriles is 1. The zero-order valence-corrected chi connectivity index (χ0v) is 22.8. The fourth-order valence-electron chi connectivity index (χ4n) is 5.51. The van der Waals surface area contributed by atoms with Gasteiger partial charge < -0.3 is 20.3 Å². The van der Waals surface area contributed by atoms with Crippen LogP contribution in [-0.4, -0.2) is 68.1 Å². The highest BCUT2D eigenvalue weighted by molar-refractivity contribution is 7.18. The van der Waals surface area contributed by atoms with Crippen molar-refractivity contribution in [3.8, 4) is 28.0 Å². The Morgan fingerprint density at radius 1 is 1.18 bits per heavy atom. The minimum absolute atomic E-state index is 0.00242. The van der Waals surface area contributed by atoms with E-state index in [0.717, 1.165) is 51.1 Å². The number of piperidine rings is 1. The fourth-order valence-corrected chi connectivity index (χ4v) is 6.52. The zero-order chi connectivity index (χ0) is 27.1. The van der Waals surface area contributed by atoms with E-state index in [1.54, 1.807) is 35.0 Å². The first kappa shape index (κ1) is 25.2. The van der Waals surface area contributed by atoms with Gasteiger partial charge in [0.1, 0.15) is 6.07 Å². The lowest BCUT2D eigenvalue weighted by atomic mass is 9.90. The maximum Gasteiger partial charge on any atom is 0.217 e. The molecule has 200 valence electrons. The van der Waals surface area contributed by atoms with Gasteiger partial charge in [-0.2, -0.15) is 10.4 Å². The SMILES string of the molecule is CC(=O)NC1CC2COCC(C1)N2c1nnc(-c2cnc(-c3ccc4cc(C#N)cnn34)cc2NC(C)C)s1. The Bertz CT molecular complexity index is 1560. The maximum atomic E-state index is 11.6. The van der Waals surface area contributed by atoms with E-state index in [4.69, 9.17) is 9.72 Å². The molecule has 0 radical (unpaired) electrons. The Kier molecular flexibility index (Phi) is 6.62. The topological polar surface area (TPSA) is 133 Å². The molecule has 2 unspecified atom stereocenters. The summed E-state index contributed by atoms with van der Waals surface area (Å²) in [6.45, 7) is 6.96. The smallest absolute Gasteiger partial charge is 0.217 e. The highest BCUT2D eigenvalue weighted by Crippen LogP contribution is 2.39. The van der Waals surface area contributed by atoms with Gasteiger partial charge in [0.05, 0.1) is 59.5 Å². The van der Waals surface area contributed by atoms with Crippen molar-refractivity contribution in [3.63, 3.8) is 0 Å². The molecule has 2 N–H and O–H groups in total. The van der Waals surface area contributed by atoms with Gasteiger partial charge >= 0.3 is 0 Å². The van der Waals surface area contributed by atoms with Gasteiger partial charge in [0.25, 0.3) is 0 Å². The Hall–Kier alpha value is -4.08. The first-order chi connectivity index (χ1) is 18.9. The van der Waals surface area contributed by atoms with Crippen LogP contribution in [0.25, 0.3) is 27.5 Å². The van der Waals surface area contributed by atoms with Crippen LogP contribution in [0.2, 0.25) is 0 Å². The molecular formula is C27H29N9O2S. The van der Waals surface area contributed by atoms with Crippen LogP contribution in [0.15, 0.2) is 36.7 Å². The summed E-state index contributed by atoms with van der Waals surface area (Å²) in [6.07, 6.45) is 5.02. The predicted octanol–water partition coefficient (Wildman–Crippen LogP) is 3.48. The number of ether oxygens (including phenoxy) is 1. The summed E-state index contributed by atoms with van der Waals surface area (Å²) in [4.78, 5) is 18.7. The molecule has 2 fully saturated rings. The number of nitrogens with zero attached hydrogens (tertiary/aromatic N) is 7. The number of morpholine rings is 1. The van der Waals surface area contributed by atoms with Gasteiger partial charge in [0, 0.05) is 30.9 Å². The van der Waals surface area contributed by atoms with E-state index in [9.17, 15) is 10.1 Å². The summed E-state index contributed by atoms with van der Waals surface area (Å²) in [7, 11) is 0. The van der Waals surface area contributed by atoms with Crippen molar-refractivity contribution in [2.75, 3.05) is 23.4 Å². The fraction of sp³-hybridized carbons (Fsp3) is 0.407. The molecule has 2 atom stereocenters. The van der Waals surface area contributed by atoms with Gasteiger partial charge in [-0.3, -0.25) is 9.78 Å². The molecule has 12 heteroatoms. The predicted molar refractivity (Wildman–Crippen MR) is 149 cm³/mol. The highest BCUT2D eigenvalue weighted by Gasteiger charge is 2.41. The molecule has 2 aliphatic heterocycles. The second kappa shape index (κ2) is 10.2. The van der Waals surface area contributed by atoms with Crippen LogP contribution in [0.1, 0.15) is 39.2 Å². The Morgan fingerprint density at radius 2 is 1.97 bits per heavy atom. The minimum atomic E-state index is 0.00242. The van der Waals surface area contributed by atoms with Gasteiger partial charge in [-0.05, 0) is 51.0 Å². The molecule has 6 heterocycles. The van der Waals surface area contributed by atoms with E-state index in [2.05, 4.69) is 50.7 Å². The second-order valence-corrected chi connectivity index (χ2v) is 11.3. The van der Waals surface area contributed by atoms with E-state index < -0.39 is 0 Å². The van der Waals surface area contributed by atoms with Gasteiger partial charge in [-0.15, -0.1) is 10.2 Å². The van der Waals surface area contributed by atoms with Crippen molar-refractivity contribution in [1.82, 2.24) is 30.1 Å². The van der Waals surface area contributed by atoms with Gasteiger partial charge in [0.2, 0.25) is 11.0 Å². The number of rotatable bonds is 6. The van der Waals surface area contributed by atoms with E-state index in [1.807, 2.05) is 24.4 Å². The van der Waals surface area contributed by atoms with Crippen LogP contribution >= 0.6 is 11.3 Å². The molecule has 1 amide bonds. The lowest BCUT2D eigenvalue weighted by molar-refractivity contribution is -0.120. The third-order valence-electron chi connectivity index (χ3n) is 7.03. The largest absolute Gasteiger partial charge is 0.382 e. The number of aromatic nitrogens is 5. The number of carbonyl (C=O) groups is 1. The normalized spacial score (nSPS) is 20.7. The second-order valence-electron chi connectivity index (χ2n) is 10.3. The Labute approximate surface area is 229 Å². The van der Waals surface area contributed by atoms with Gasteiger partial charge in [-0.1, -0.05) is 11.3 Å². The van der Waals surface area contributed by atoms with Gasteiger partial charge in [0.15, 0.2) is 5.01 Å². The van der Waals surface area contributed by atoms with Crippen LogP contribution in [-0.2, 0) is 9.53 Å². The number of hydrogen-bond donors (Lipinski definition) is 2. The number of amides is 1. The Balaban J connectivity index is 1.32. The number of nitrogens with one attached hydrogen (secondary N) is 2. The van der Waals surface area contributed by atoms with Crippen LogP contribution in [0.4, 0.5) is 10.8 Å². The molecule has 11 nitrogen and oxygen atoms in total. The average Bonchev–Trinajstić information content (AvgIpc) is 3.54. The molecule has 6 rings (SSSR count). The van der Waals surface area contributed by atoms with E-state index in [0.29, 0.717) is 18.8 Å². The summed E-state index contributed by atoms with van der Waals surface area (Å²) >= 11 is 1.55. The molecule has 39 heavy (non-hydrogen) atoms. The molecular weight excluding hydrogens is 514 g/mol. The standard InChI is InChI=1S/C27H29N9O2S/c1-15(2)31-23-9-24(25-5-4-19-6-17(10-28)11-30-36(19)25)29-12-22(23)26-33-34-27(39-26)35-20-7-18(32-16(3)37)8-21(35)14-38-13-20/h4-6,9,11-12,15,18,20-21H,7-8,13-14H2,1-3H3,(H,29,31)(H,32,37). The molecule has 4 aromatic heterocycles. The first-order valence-electron chi connectivity index (χ1n) is 13.0. The summed E-state index contributed by atoms with van der Waals surface area (Å²) in [5, 5.41) is 31.1. The van der Waals surface area contributed by atoms with Crippen LogP contribution in [0.3, 0.4) is 0 Å².